The van der Waals surface area contributed by atoms with E-state index < -0.39 is 0 Å². The Morgan fingerprint density at radius 3 is 2.88 bits per heavy atom. The van der Waals surface area contributed by atoms with Gasteiger partial charge in [-0.15, -0.1) is 11.3 Å². The molecule has 0 radical (unpaired) electrons. The zero-order valence-corrected chi connectivity index (χ0v) is 9.74. The summed E-state index contributed by atoms with van der Waals surface area (Å²) in [5.74, 6) is 0. The van der Waals surface area contributed by atoms with Gasteiger partial charge in [0.15, 0.2) is 0 Å². The SMILES string of the molecule is N#Cc1ccccc1-c1ccc2ncsc2c1. The van der Waals surface area contributed by atoms with Crippen molar-refractivity contribution in [3.8, 4) is 17.2 Å². The number of nitriles is 1. The van der Waals surface area contributed by atoms with Gasteiger partial charge in [0.05, 0.1) is 27.4 Å². The molecule has 1 aromatic heterocycles. The highest BCUT2D eigenvalue weighted by Gasteiger charge is 2.05. The molecule has 2 aromatic carbocycles. The lowest BCUT2D eigenvalue weighted by molar-refractivity contribution is 1.47. The van der Waals surface area contributed by atoms with Crippen molar-refractivity contribution in [2.24, 2.45) is 0 Å². The average Bonchev–Trinajstić information content (AvgIpc) is 2.85. The van der Waals surface area contributed by atoms with Crippen molar-refractivity contribution in [1.82, 2.24) is 4.98 Å². The maximum Gasteiger partial charge on any atom is 0.0998 e. The zero-order valence-electron chi connectivity index (χ0n) is 8.92. The van der Waals surface area contributed by atoms with E-state index in [1.807, 2.05) is 41.9 Å². The van der Waals surface area contributed by atoms with E-state index in [9.17, 15) is 0 Å². The Labute approximate surface area is 103 Å². The fraction of sp³-hybridized carbons (Fsp3) is 0. The molecular formula is C14H8N2S. The highest BCUT2D eigenvalue weighted by molar-refractivity contribution is 7.16. The number of fused-ring (bicyclic) bond motifs is 1. The average molecular weight is 236 g/mol. The summed E-state index contributed by atoms with van der Waals surface area (Å²) in [6.07, 6.45) is 0. The van der Waals surface area contributed by atoms with E-state index in [0.29, 0.717) is 5.56 Å². The van der Waals surface area contributed by atoms with Crippen molar-refractivity contribution in [1.29, 1.82) is 5.26 Å². The Morgan fingerprint density at radius 2 is 2.00 bits per heavy atom. The normalized spacial score (nSPS) is 10.3. The first kappa shape index (κ1) is 10.0. The molecule has 1 heterocycles. The van der Waals surface area contributed by atoms with Gasteiger partial charge >= 0.3 is 0 Å². The van der Waals surface area contributed by atoms with E-state index in [-0.39, 0.29) is 0 Å². The van der Waals surface area contributed by atoms with Crippen LogP contribution in [0.4, 0.5) is 0 Å². The van der Waals surface area contributed by atoms with E-state index in [1.54, 1.807) is 11.3 Å². The highest BCUT2D eigenvalue weighted by Crippen LogP contribution is 2.28. The molecule has 3 aromatic rings. The number of aromatic nitrogens is 1. The van der Waals surface area contributed by atoms with Gasteiger partial charge in [-0.25, -0.2) is 4.98 Å². The molecule has 17 heavy (non-hydrogen) atoms. The summed E-state index contributed by atoms with van der Waals surface area (Å²) in [7, 11) is 0. The molecule has 0 atom stereocenters. The minimum absolute atomic E-state index is 0.705. The van der Waals surface area contributed by atoms with Crippen molar-refractivity contribution in [3.05, 3.63) is 53.5 Å². The number of nitrogens with zero attached hydrogens (tertiary/aromatic N) is 2. The molecule has 0 spiro atoms. The second kappa shape index (κ2) is 4.00. The molecule has 0 aliphatic rings. The second-order valence-electron chi connectivity index (χ2n) is 3.69. The Morgan fingerprint density at radius 1 is 1.12 bits per heavy atom. The Bertz CT molecular complexity index is 722. The summed E-state index contributed by atoms with van der Waals surface area (Å²) in [5.41, 5.74) is 5.60. The van der Waals surface area contributed by atoms with E-state index in [2.05, 4.69) is 17.1 Å². The van der Waals surface area contributed by atoms with Crippen molar-refractivity contribution in [3.63, 3.8) is 0 Å². The summed E-state index contributed by atoms with van der Waals surface area (Å²) in [6, 6.07) is 16.0. The van der Waals surface area contributed by atoms with Crippen LogP contribution in [0, 0.1) is 11.3 Å². The molecule has 0 unspecified atom stereocenters. The predicted molar refractivity (Wildman–Crippen MR) is 69.8 cm³/mol. The van der Waals surface area contributed by atoms with Crippen LogP contribution in [0.25, 0.3) is 21.3 Å². The molecule has 3 heteroatoms. The van der Waals surface area contributed by atoms with Crippen LogP contribution in [0.3, 0.4) is 0 Å². The lowest BCUT2D eigenvalue weighted by Crippen LogP contribution is -1.83. The third-order valence-electron chi connectivity index (χ3n) is 2.69. The van der Waals surface area contributed by atoms with Crippen molar-refractivity contribution in [2.45, 2.75) is 0 Å². The molecule has 0 aliphatic heterocycles. The van der Waals surface area contributed by atoms with Gasteiger partial charge in [0.2, 0.25) is 0 Å². The Kier molecular flexibility index (Phi) is 2.36. The van der Waals surface area contributed by atoms with Gasteiger partial charge in [0.1, 0.15) is 0 Å². The number of benzene rings is 2. The molecule has 0 bridgehead atoms. The van der Waals surface area contributed by atoms with Crippen molar-refractivity contribution in [2.75, 3.05) is 0 Å². The fourth-order valence-electron chi connectivity index (χ4n) is 1.85. The molecule has 0 N–H and O–H groups in total. The number of hydrogen-bond acceptors (Lipinski definition) is 3. The number of rotatable bonds is 1. The predicted octanol–water partition coefficient (Wildman–Crippen LogP) is 3.83. The first-order valence-electron chi connectivity index (χ1n) is 5.21. The largest absolute Gasteiger partial charge is 0.245 e. The summed E-state index contributed by atoms with van der Waals surface area (Å²) < 4.78 is 1.15. The standard InChI is InChI=1S/C14H8N2S/c15-8-11-3-1-2-4-12(11)10-5-6-13-14(7-10)17-9-16-13/h1-7,9H. The van der Waals surface area contributed by atoms with Crippen molar-refractivity contribution < 1.29 is 0 Å². The van der Waals surface area contributed by atoms with Crippen LogP contribution in [0.5, 0.6) is 0 Å². The van der Waals surface area contributed by atoms with Crippen LogP contribution in [0.2, 0.25) is 0 Å². The molecule has 0 fully saturated rings. The van der Waals surface area contributed by atoms with Gasteiger partial charge in [0, 0.05) is 0 Å². The number of hydrogen-bond donors (Lipinski definition) is 0. The minimum atomic E-state index is 0.705. The van der Waals surface area contributed by atoms with Crippen LogP contribution in [0.15, 0.2) is 48.0 Å². The topological polar surface area (TPSA) is 36.7 Å². The van der Waals surface area contributed by atoms with Crippen molar-refractivity contribution >= 4 is 21.6 Å². The zero-order chi connectivity index (χ0) is 11.7. The van der Waals surface area contributed by atoms with E-state index in [4.69, 9.17) is 5.26 Å². The quantitative estimate of drug-likeness (QED) is 0.643. The Balaban J connectivity index is 2.23. The molecule has 80 valence electrons. The van der Waals surface area contributed by atoms with Gasteiger partial charge in [-0.05, 0) is 29.3 Å². The van der Waals surface area contributed by atoms with Crippen LogP contribution in [-0.4, -0.2) is 4.98 Å². The van der Waals surface area contributed by atoms with E-state index in [1.165, 1.54) is 0 Å². The smallest absolute Gasteiger partial charge is 0.0998 e. The molecule has 2 nitrogen and oxygen atoms in total. The minimum Gasteiger partial charge on any atom is -0.245 e. The molecule has 0 amide bonds. The van der Waals surface area contributed by atoms with Gasteiger partial charge < -0.3 is 0 Å². The summed E-state index contributed by atoms with van der Waals surface area (Å²) in [4.78, 5) is 4.25. The fourth-order valence-corrected chi connectivity index (χ4v) is 2.57. The van der Waals surface area contributed by atoms with Crippen LogP contribution in [0.1, 0.15) is 5.56 Å². The first-order chi connectivity index (χ1) is 8.38. The lowest BCUT2D eigenvalue weighted by Gasteiger charge is -2.03. The maximum absolute atomic E-state index is 9.09. The number of thiazole rings is 1. The third kappa shape index (κ3) is 1.69. The van der Waals surface area contributed by atoms with Gasteiger partial charge in [-0.3, -0.25) is 0 Å². The summed E-state index contributed by atoms with van der Waals surface area (Å²) in [6.45, 7) is 0. The second-order valence-corrected chi connectivity index (χ2v) is 4.58. The molecular weight excluding hydrogens is 228 g/mol. The molecule has 3 rings (SSSR count). The molecule has 0 saturated carbocycles. The van der Waals surface area contributed by atoms with E-state index in [0.717, 1.165) is 21.3 Å². The van der Waals surface area contributed by atoms with Crippen LogP contribution < -0.4 is 0 Å². The van der Waals surface area contributed by atoms with Crippen LogP contribution >= 0.6 is 11.3 Å². The van der Waals surface area contributed by atoms with Gasteiger partial charge in [-0.1, -0.05) is 24.3 Å². The lowest BCUT2D eigenvalue weighted by atomic mass is 10.0. The molecule has 0 saturated heterocycles. The summed E-state index contributed by atoms with van der Waals surface area (Å²) >= 11 is 1.62. The maximum atomic E-state index is 9.09. The molecule has 0 aliphatic carbocycles. The monoisotopic (exact) mass is 236 g/mol. The van der Waals surface area contributed by atoms with Gasteiger partial charge in [-0.2, -0.15) is 5.26 Å². The van der Waals surface area contributed by atoms with Gasteiger partial charge in [0.25, 0.3) is 0 Å². The third-order valence-corrected chi connectivity index (χ3v) is 3.48. The Hall–Kier alpha value is -2.18. The van der Waals surface area contributed by atoms with E-state index >= 15 is 0 Å². The highest BCUT2D eigenvalue weighted by atomic mass is 32.1. The summed E-state index contributed by atoms with van der Waals surface area (Å²) in [5, 5.41) is 9.09. The van der Waals surface area contributed by atoms with Crippen LogP contribution in [-0.2, 0) is 0 Å². The first-order valence-corrected chi connectivity index (χ1v) is 6.09.